The van der Waals surface area contributed by atoms with E-state index in [2.05, 4.69) is 0 Å². The van der Waals surface area contributed by atoms with Crippen LogP contribution in [0.4, 0.5) is 8.78 Å². The monoisotopic (exact) mass is 288 g/mol. The van der Waals surface area contributed by atoms with Crippen molar-refractivity contribution in [1.82, 2.24) is 0 Å². The fourth-order valence-corrected chi connectivity index (χ4v) is 2.29. The van der Waals surface area contributed by atoms with Gasteiger partial charge in [0.05, 0.1) is 0 Å². The molecule has 0 bridgehead atoms. The summed E-state index contributed by atoms with van der Waals surface area (Å²) < 4.78 is 32.6. The van der Waals surface area contributed by atoms with Crippen molar-refractivity contribution < 1.29 is 23.3 Å². The highest BCUT2D eigenvalue weighted by Gasteiger charge is 2.39. The zero-order valence-corrected chi connectivity index (χ0v) is 12.8. The van der Waals surface area contributed by atoms with Crippen LogP contribution in [0.1, 0.15) is 20.8 Å². The van der Waals surface area contributed by atoms with Crippen LogP contribution in [0.2, 0.25) is 18.1 Å². The topological polar surface area (TPSA) is 49.7 Å². The predicted octanol–water partition coefficient (Wildman–Crippen LogP) is 2.03. The third-order valence-electron chi connectivity index (χ3n) is 3.49. The molecule has 0 saturated carbocycles. The van der Waals surface area contributed by atoms with Crippen LogP contribution >= 0.6 is 0 Å². The second kappa shape index (κ2) is 5.22. The lowest BCUT2D eigenvalue weighted by atomic mass is 9.79. The first-order chi connectivity index (χ1) is 8.45. The second-order valence-electron chi connectivity index (χ2n) is 6.04. The molecule has 1 aromatic carbocycles. The number of halogens is 2. The van der Waals surface area contributed by atoms with E-state index in [0.29, 0.717) is 0 Å². The predicted molar refractivity (Wildman–Crippen MR) is 74.0 cm³/mol. The Hall–Kier alpha value is -0.918. The van der Waals surface area contributed by atoms with E-state index in [4.69, 9.17) is 14.5 Å². The molecule has 2 N–H and O–H groups in total. The lowest BCUT2D eigenvalue weighted by molar-refractivity contribution is 0.418. The fourth-order valence-electron chi connectivity index (χ4n) is 1.28. The van der Waals surface area contributed by atoms with Gasteiger partial charge in [-0.05, 0) is 24.2 Å². The Morgan fingerprint density at radius 1 is 1.16 bits per heavy atom. The summed E-state index contributed by atoms with van der Waals surface area (Å²) in [5.74, 6) is -2.30. The molecule has 0 fully saturated rings. The van der Waals surface area contributed by atoms with E-state index in [0.717, 1.165) is 12.1 Å². The molecule has 1 aromatic rings. The molecule has 0 aliphatic carbocycles. The van der Waals surface area contributed by atoms with Crippen molar-refractivity contribution in [3.63, 3.8) is 0 Å². The number of hydrogen-bond acceptors (Lipinski definition) is 3. The van der Waals surface area contributed by atoms with Gasteiger partial charge in [0.2, 0.25) is 8.32 Å². The average Bonchev–Trinajstić information content (AvgIpc) is 2.20. The van der Waals surface area contributed by atoms with Gasteiger partial charge in [0.15, 0.2) is 11.6 Å². The van der Waals surface area contributed by atoms with Gasteiger partial charge in [-0.2, -0.15) is 0 Å². The molecule has 0 aliphatic heterocycles. The molecule has 0 saturated heterocycles. The van der Waals surface area contributed by atoms with E-state index in [1.165, 1.54) is 0 Å². The molecule has 106 valence electrons. The summed E-state index contributed by atoms with van der Waals surface area (Å²) in [4.78, 5) is 0. The maximum Gasteiger partial charge on any atom is 0.491 e. The summed E-state index contributed by atoms with van der Waals surface area (Å²) >= 11 is 0. The third kappa shape index (κ3) is 3.55. The summed E-state index contributed by atoms with van der Waals surface area (Å²) in [6.45, 7) is 9.97. The molecule has 0 heterocycles. The highest BCUT2D eigenvalue weighted by Crippen LogP contribution is 2.37. The van der Waals surface area contributed by atoms with Crippen molar-refractivity contribution in [3.05, 3.63) is 23.8 Å². The van der Waals surface area contributed by atoms with Crippen molar-refractivity contribution in [2.45, 2.75) is 38.9 Å². The van der Waals surface area contributed by atoms with Gasteiger partial charge >= 0.3 is 7.12 Å². The van der Waals surface area contributed by atoms with Crippen LogP contribution in [0, 0.1) is 11.6 Å². The van der Waals surface area contributed by atoms with E-state index in [-0.39, 0.29) is 10.8 Å². The Bertz CT molecular complexity index is 473. The van der Waals surface area contributed by atoms with Crippen molar-refractivity contribution in [1.29, 1.82) is 0 Å². The Balaban J connectivity index is 3.17. The Morgan fingerprint density at radius 2 is 1.68 bits per heavy atom. The van der Waals surface area contributed by atoms with Gasteiger partial charge in [0, 0.05) is 11.5 Å². The van der Waals surface area contributed by atoms with E-state index < -0.39 is 32.5 Å². The minimum Gasteiger partial charge on any atom is -0.543 e. The largest absolute Gasteiger partial charge is 0.543 e. The zero-order valence-electron chi connectivity index (χ0n) is 11.8. The van der Waals surface area contributed by atoms with E-state index in [1.807, 2.05) is 33.9 Å². The van der Waals surface area contributed by atoms with Crippen molar-refractivity contribution >= 4 is 20.9 Å². The Morgan fingerprint density at radius 3 is 2.11 bits per heavy atom. The summed E-state index contributed by atoms with van der Waals surface area (Å²) in [5, 5.41) is 17.9. The molecule has 0 atom stereocenters. The van der Waals surface area contributed by atoms with Gasteiger partial charge in [0.25, 0.3) is 0 Å². The first-order valence-electron chi connectivity index (χ1n) is 6.00. The molecule has 0 radical (unpaired) electrons. The van der Waals surface area contributed by atoms with Crippen LogP contribution in [0.25, 0.3) is 0 Å². The van der Waals surface area contributed by atoms with E-state index in [9.17, 15) is 8.78 Å². The van der Waals surface area contributed by atoms with Crippen molar-refractivity contribution in [2.75, 3.05) is 0 Å². The first-order valence-corrected chi connectivity index (χ1v) is 8.90. The highest BCUT2D eigenvalue weighted by molar-refractivity contribution is 6.74. The van der Waals surface area contributed by atoms with Crippen LogP contribution in [-0.4, -0.2) is 25.5 Å². The molecule has 19 heavy (non-hydrogen) atoms. The summed E-state index contributed by atoms with van der Waals surface area (Å²) in [5.41, 5.74) is -0.520. The molecule has 0 amide bonds. The molecule has 7 heteroatoms. The molecule has 0 aromatic heterocycles. The van der Waals surface area contributed by atoms with Crippen LogP contribution in [0.15, 0.2) is 12.1 Å². The average molecular weight is 288 g/mol. The fraction of sp³-hybridized carbons (Fsp3) is 0.500. The van der Waals surface area contributed by atoms with Crippen LogP contribution in [0.3, 0.4) is 0 Å². The van der Waals surface area contributed by atoms with Gasteiger partial charge < -0.3 is 14.5 Å². The van der Waals surface area contributed by atoms with Crippen LogP contribution in [-0.2, 0) is 0 Å². The third-order valence-corrected chi connectivity index (χ3v) is 7.85. The first kappa shape index (κ1) is 16.1. The van der Waals surface area contributed by atoms with Gasteiger partial charge in [-0.25, -0.2) is 8.78 Å². The SMILES string of the molecule is CC(C)(C)[Si](C)(C)Oc1cc(F)c(F)c(B(O)O)c1. The lowest BCUT2D eigenvalue weighted by Gasteiger charge is -2.36. The van der Waals surface area contributed by atoms with Gasteiger partial charge in [-0.1, -0.05) is 20.8 Å². The second-order valence-corrected chi connectivity index (χ2v) is 10.8. The van der Waals surface area contributed by atoms with Gasteiger partial charge in [-0.15, -0.1) is 0 Å². The van der Waals surface area contributed by atoms with Crippen LogP contribution in [0.5, 0.6) is 5.75 Å². The van der Waals surface area contributed by atoms with Gasteiger partial charge in [-0.3, -0.25) is 0 Å². The lowest BCUT2D eigenvalue weighted by Crippen LogP contribution is -2.44. The van der Waals surface area contributed by atoms with Crippen molar-refractivity contribution in [3.8, 4) is 5.75 Å². The quantitative estimate of drug-likeness (QED) is 0.837. The molecule has 0 aliphatic rings. The number of rotatable bonds is 3. The minimum atomic E-state index is -2.20. The standard InChI is InChI=1S/C12H19BF2O3Si/c1-12(2,3)19(4,5)18-8-6-9(13(16)17)11(15)10(14)7-8/h6-7,16-17H,1-5H3. The van der Waals surface area contributed by atoms with Crippen LogP contribution < -0.4 is 9.89 Å². The molecule has 0 unspecified atom stereocenters. The molecular formula is C12H19BF2O3Si. The number of hydrogen-bond donors (Lipinski definition) is 2. The molecule has 0 spiro atoms. The Labute approximate surface area is 113 Å². The zero-order chi connectivity index (χ0) is 15.0. The maximum atomic E-state index is 13.4. The minimum absolute atomic E-state index is 0.101. The number of benzene rings is 1. The van der Waals surface area contributed by atoms with Gasteiger partial charge in [0.1, 0.15) is 5.75 Å². The normalized spacial score (nSPS) is 12.5. The maximum absolute atomic E-state index is 13.4. The summed E-state index contributed by atoms with van der Waals surface area (Å²) in [6, 6.07) is 2.06. The molecule has 1 rings (SSSR count). The van der Waals surface area contributed by atoms with E-state index in [1.54, 1.807) is 0 Å². The molecule has 3 nitrogen and oxygen atoms in total. The molecular weight excluding hydrogens is 269 g/mol. The Kier molecular flexibility index (Phi) is 4.44. The smallest absolute Gasteiger partial charge is 0.491 e. The summed E-state index contributed by atoms with van der Waals surface area (Å²) in [7, 11) is -4.27. The van der Waals surface area contributed by atoms with Crippen molar-refractivity contribution in [2.24, 2.45) is 0 Å². The van der Waals surface area contributed by atoms with E-state index >= 15 is 0 Å². The summed E-state index contributed by atoms with van der Waals surface area (Å²) in [6.07, 6.45) is 0. The highest BCUT2D eigenvalue weighted by atomic mass is 28.4.